The molecule has 0 unspecified atom stereocenters. The molecule has 1 aromatic carbocycles. The summed E-state index contributed by atoms with van der Waals surface area (Å²) in [5, 5.41) is 7.20. The van der Waals surface area contributed by atoms with Gasteiger partial charge in [0.2, 0.25) is 0 Å². The number of piperidine rings is 1. The number of anilines is 1. The number of carbonyl (C=O) groups excluding carboxylic acids is 1. The van der Waals surface area contributed by atoms with E-state index in [1.807, 2.05) is 11.8 Å². The number of carbonyl (C=O) groups is 1. The molecule has 3 aliphatic rings. The topological polar surface area (TPSA) is 97.8 Å². The lowest BCUT2D eigenvalue weighted by Gasteiger charge is -2.38. The second kappa shape index (κ2) is 13.2. The van der Waals surface area contributed by atoms with Gasteiger partial charge in [-0.05, 0) is 57.9 Å². The Labute approximate surface area is 232 Å². The Bertz CT molecular complexity index is 1110. The van der Waals surface area contributed by atoms with Crippen LogP contribution in [-0.4, -0.2) is 85.0 Å². The summed E-state index contributed by atoms with van der Waals surface area (Å²) in [5.74, 6) is 0.682. The summed E-state index contributed by atoms with van der Waals surface area (Å²) in [6, 6.07) is 9.26. The number of methoxy groups -OCH3 is 1. The normalized spacial score (nSPS) is 26.4. The average Bonchev–Trinajstić information content (AvgIpc) is 2.97. The minimum absolute atomic E-state index is 0.0225. The zero-order valence-electron chi connectivity index (χ0n) is 23.5. The number of hydrogen-bond acceptors (Lipinski definition) is 8. The number of benzene rings is 1. The van der Waals surface area contributed by atoms with E-state index in [-0.39, 0.29) is 24.2 Å². The Morgan fingerprint density at radius 2 is 1.97 bits per heavy atom. The Morgan fingerprint density at radius 1 is 1.13 bits per heavy atom. The Balaban J connectivity index is 1.14. The smallest absolute Gasteiger partial charge is 0.272 e. The minimum atomic E-state index is -0.0225. The highest BCUT2D eigenvalue weighted by atomic mass is 16.5. The predicted octanol–water partition coefficient (Wildman–Crippen LogP) is 3.81. The molecule has 0 bridgehead atoms. The van der Waals surface area contributed by atoms with Crippen molar-refractivity contribution in [3.05, 3.63) is 53.0 Å². The van der Waals surface area contributed by atoms with E-state index in [0.29, 0.717) is 49.8 Å². The maximum atomic E-state index is 13.4. The van der Waals surface area contributed by atoms with Crippen LogP contribution in [0.5, 0.6) is 0 Å². The third kappa shape index (κ3) is 6.95. The lowest BCUT2D eigenvalue weighted by molar-refractivity contribution is -0.0533. The zero-order chi connectivity index (χ0) is 27.2. The molecule has 2 N–H and O–H groups in total. The predicted molar refractivity (Wildman–Crippen MR) is 150 cm³/mol. The molecule has 9 nitrogen and oxygen atoms in total. The molecule has 3 aliphatic heterocycles. The Kier molecular flexibility index (Phi) is 9.45. The van der Waals surface area contributed by atoms with Crippen LogP contribution in [0, 0.1) is 13.8 Å². The first-order chi connectivity index (χ1) is 19.0. The molecular weight excluding hydrogens is 494 g/mol. The Hall–Kier alpha value is -2.59. The molecule has 0 aliphatic carbocycles. The molecule has 212 valence electrons. The minimum Gasteiger partial charge on any atom is -0.379 e. The standard InChI is InChI=1S/C30H43N5O4/c1-20-6-4-7-22(16-20)26-9-5-8-24(39-26)17-31-29-21(2)28(32-19-33-29)30(36)35-13-10-23(11-14-35)34-25-12-15-38-18-27(25)37-3/h4,6-7,16,19,23-27,34H,5,8-15,17-18H2,1-3H3,(H,31,32,33)/t24-,25-,26+,27+/m1/s1. The lowest BCUT2D eigenvalue weighted by Crippen LogP contribution is -2.54. The van der Waals surface area contributed by atoms with Gasteiger partial charge in [0.1, 0.15) is 17.8 Å². The van der Waals surface area contributed by atoms with E-state index in [2.05, 4.69) is 51.8 Å². The summed E-state index contributed by atoms with van der Waals surface area (Å²) in [5.41, 5.74) is 3.77. The molecule has 4 atom stereocenters. The average molecular weight is 538 g/mol. The van der Waals surface area contributed by atoms with Crippen molar-refractivity contribution in [2.75, 3.05) is 45.3 Å². The van der Waals surface area contributed by atoms with Gasteiger partial charge in [0.25, 0.3) is 5.91 Å². The summed E-state index contributed by atoms with van der Waals surface area (Å²) in [4.78, 5) is 24.2. The maximum Gasteiger partial charge on any atom is 0.272 e. The van der Waals surface area contributed by atoms with Crippen LogP contribution in [0.2, 0.25) is 0 Å². The van der Waals surface area contributed by atoms with Gasteiger partial charge in [0, 0.05) is 51.0 Å². The van der Waals surface area contributed by atoms with Gasteiger partial charge < -0.3 is 29.7 Å². The zero-order valence-corrected chi connectivity index (χ0v) is 23.5. The molecule has 0 saturated carbocycles. The van der Waals surface area contributed by atoms with Gasteiger partial charge in [-0.2, -0.15) is 0 Å². The first kappa shape index (κ1) is 28.0. The van der Waals surface area contributed by atoms with Gasteiger partial charge in [-0.25, -0.2) is 9.97 Å². The number of ether oxygens (including phenoxy) is 3. The molecule has 0 spiro atoms. The van der Waals surface area contributed by atoms with Crippen LogP contribution >= 0.6 is 0 Å². The van der Waals surface area contributed by atoms with Crippen molar-refractivity contribution in [3.63, 3.8) is 0 Å². The fraction of sp³-hybridized carbons (Fsp3) is 0.633. The van der Waals surface area contributed by atoms with Gasteiger partial charge >= 0.3 is 0 Å². The molecule has 3 fully saturated rings. The first-order valence-electron chi connectivity index (χ1n) is 14.4. The number of aryl methyl sites for hydroxylation is 1. The molecule has 1 amide bonds. The summed E-state index contributed by atoms with van der Waals surface area (Å²) in [7, 11) is 1.74. The summed E-state index contributed by atoms with van der Waals surface area (Å²) >= 11 is 0. The lowest BCUT2D eigenvalue weighted by atomic mass is 9.97. The van der Waals surface area contributed by atoms with E-state index < -0.39 is 0 Å². The van der Waals surface area contributed by atoms with Crippen molar-refractivity contribution in [2.45, 2.75) is 82.8 Å². The highest BCUT2D eigenvalue weighted by Crippen LogP contribution is 2.32. The largest absolute Gasteiger partial charge is 0.379 e. The van der Waals surface area contributed by atoms with Gasteiger partial charge in [0.15, 0.2) is 0 Å². The molecule has 0 radical (unpaired) electrons. The van der Waals surface area contributed by atoms with Crippen LogP contribution in [0.25, 0.3) is 0 Å². The van der Waals surface area contributed by atoms with Crippen LogP contribution in [0.3, 0.4) is 0 Å². The van der Waals surface area contributed by atoms with Crippen molar-refractivity contribution in [1.82, 2.24) is 20.2 Å². The number of likely N-dealkylation sites (tertiary alicyclic amines) is 1. The van der Waals surface area contributed by atoms with Crippen LogP contribution in [0.1, 0.15) is 71.8 Å². The Morgan fingerprint density at radius 3 is 2.77 bits per heavy atom. The second-order valence-electron chi connectivity index (χ2n) is 11.1. The molecule has 5 rings (SSSR count). The molecular formula is C30H43N5O4. The second-order valence-corrected chi connectivity index (χ2v) is 11.1. The molecule has 1 aromatic heterocycles. The maximum absolute atomic E-state index is 13.4. The number of nitrogens with one attached hydrogen (secondary N) is 2. The van der Waals surface area contributed by atoms with E-state index in [0.717, 1.165) is 50.7 Å². The number of hydrogen-bond donors (Lipinski definition) is 2. The van der Waals surface area contributed by atoms with E-state index in [9.17, 15) is 4.79 Å². The van der Waals surface area contributed by atoms with Crippen molar-refractivity contribution in [2.24, 2.45) is 0 Å². The molecule has 3 saturated heterocycles. The van der Waals surface area contributed by atoms with Crippen molar-refractivity contribution in [1.29, 1.82) is 0 Å². The van der Waals surface area contributed by atoms with E-state index in [4.69, 9.17) is 14.2 Å². The van der Waals surface area contributed by atoms with Crippen molar-refractivity contribution in [3.8, 4) is 0 Å². The van der Waals surface area contributed by atoms with E-state index >= 15 is 0 Å². The van der Waals surface area contributed by atoms with Crippen molar-refractivity contribution >= 4 is 11.7 Å². The molecule has 39 heavy (non-hydrogen) atoms. The molecule has 9 heteroatoms. The van der Waals surface area contributed by atoms with Gasteiger partial charge in [-0.15, -0.1) is 0 Å². The molecule has 2 aromatic rings. The highest BCUT2D eigenvalue weighted by molar-refractivity contribution is 5.94. The number of rotatable bonds is 8. The third-order valence-corrected chi connectivity index (χ3v) is 8.39. The van der Waals surface area contributed by atoms with Crippen LogP contribution < -0.4 is 10.6 Å². The van der Waals surface area contributed by atoms with E-state index in [1.165, 1.54) is 17.5 Å². The SMILES string of the molecule is CO[C@H]1COCC[C@H]1NC1CCN(C(=O)c2ncnc(NC[C@H]3CCC[C@@H](c4cccc(C)c4)O3)c2C)CC1. The quantitative estimate of drug-likeness (QED) is 0.525. The number of amides is 1. The van der Waals surface area contributed by atoms with Crippen LogP contribution in [0.15, 0.2) is 30.6 Å². The van der Waals surface area contributed by atoms with Crippen LogP contribution in [0.4, 0.5) is 5.82 Å². The summed E-state index contributed by atoms with van der Waals surface area (Å²) in [6.07, 6.45) is 7.74. The monoisotopic (exact) mass is 537 g/mol. The third-order valence-electron chi connectivity index (χ3n) is 8.39. The highest BCUT2D eigenvalue weighted by Gasteiger charge is 2.31. The van der Waals surface area contributed by atoms with E-state index in [1.54, 1.807) is 7.11 Å². The fourth-order valence-electron chi connectivity index (χ4n) is 6.06. The first-order valence-corrected chi connectivity index (χ1v) is 14.4. The molecule has 4 heterocycles. The van der Waals surface area contributed by atoms with Crippen molar-refractivity contribution < 1.29 is 19.0 Å². The fourth-order valence-corrected chi connectivity index (χ4v) is 6.06. The number of nitrogens with zero attached hydrogens (tertiary/aromatic N) is 3. The number of aromatic nitrogens is 2. The van der Waals surface area contributed by atoms with Gasteiger partial charge in [-0.1, -0.05) is 29.8 Å². The van der Waals surface area contributed by atoms with Crippen LogP contribution in [-0.2, 0) is 14.2 Å². The van der Waals surface area contributed by atoms with Gasteiger partial charge in [-0.3, -0.25) is 4.79 Å². The summed E-state index contributed by atoms with van der Waals surface area (Å²) in [6.45, 7) is 7.51. The summed E-state index contributed by atoms with van der Waals surface area (Å²) < 4.78 is 17.6. The van der Waals surface area contributed by atoms with Gasteiger partial charge in [0.05, 0.1) is 24.9 Å².